The quantitative estimate of drug-likeness (QED) is 0.0338. The Morgan fingerprint density at radius 3 is 1.35 bits per heavy atom. The van der Waals surface area contributed by atoms with Crippen LogP contribution in [0.1, 0.15) is 249 Å². The smallest absolute Gasteiger partial charge is 0.407 e. The lowest BCUT2D eigenvalue weighted by molar-refractivity contribution is -0.140. The van der Waals surface area contributed by atoms with E-state index in [9.17, 15) is 33.9 Å². The highest BCUT2D eigenvalue weighted by atomic mass is 32.2. The molecular formula is C56H98N4O10S. The molecule has 2 atom stereocenters. The largest absolute Gasteiger partial charge is 0.481 e. The lowest BCUT2D eigenvalue weighted by Crippen LogP contribution is -2.41. The van der Waals surface area contributed by atoms with E-state index in [1.807, 2.05) is 0 Å². The van der Waals surface area contributed by atoms with Crippen molar-refractivity contribution in [2.45, 2.75) is 251 Å². The number of hydrogen-bond donors (Lipinski definition) is 6. The number of aliphatic carboxylic acids is 2. The SMILES string of the molecule is CCCCCCCCCCCCCCCCCCNC(=O)OCC(CSCCC(=O)Nc1ccc(C(=O)N[C@@H](CCC(=O)O)C(=O)O)cc1)OC(=O)NCCCCCCCCCCCCCCCCCC. The normalized spacial score (nSPS) is 11.9. The second-order valence-electron chi connectivity index (χ2n) is 19.3. The van der Waals surface area contributed by atoms with E-state index in [-0.39, 0.29) is 30.9 Å². The number of hydrogen-bond acceptors (Lipinski definition) is 9. The van der Waals surface area contributed by atoms with Gasteiger partial charge in [0.1, 0.15) is 18.8 Å². The summed E-state index contributed by atoms with van der Waals surface area (Å²) < 4.78 is 11.2. The lowest BCUT2D eigenvalue weighted by atomic mass is 10.0. The molecule has 4 amide bonds. The molecule has 0 aromatic heterocycles. The maximum absolute atomic E-state index is 12.8. The van der Waals surface area contributed by atoms with Gasteiger partial charge in [0.15, 0.2) is 0 Å². The van der Waals surface area contributed by atoms with E-state index in [0.29, 0.717) is 30.3 Å². The van der Waals surface area contributed by atoms with Crippen molar-refractivity contribution < 1.29 is 48.5 Å². The van der Waals surface area contributed by atoms with Gasteiger partial charge < -0.3 is 41.0 Å². The molecule has 0 heterocycles. The first-order valence-corrected chi connectivity index (χ1v) is 29.3. The van der Waals surface area contributed by atoms with Gasteiger partial charge in [-0.05, 0) is 43.5 Å². The molecule has 0 bridgehead atoms. The first-order valence-electron chi connectivity index (χ1n) is 28.1. The van der Waals surface area contributed by atoms with Crippen LogP contribution in [-0.2, 0) is 23.9 Å². The summed E-state index contributed by atoms with van der Waals surface area (Å²) in [5, 5.41) is 29.0. The molecule has 0 spiro atoms. The summed E-state index contributed by atoms with van der Waals surface area (Å²) in [4.78, 5) is 73.1. The monoisotopic (exact) mass is 1020 g/mol. The maximum atomic E-state index is 12.8. The van der Waals surface area contributed by atoms with Crippen molar-refractivity contribution in [1.82, 2.24) is 16.0 Å². The maximum Gasteiger partial charge on any atom is 0.407 e. The van der Waals surface area contributed by atoms with Crippen molar-refractivity contribution >= 4 is 53.4 Å². The molecule has 1 aromatic carbocycles. The van der Waals surface area contributed by atoms with E-state index >= 15 is 0 Å². The predicted molar refractivity (Wildman–Crippen MR) is 289 cm³/mol. The lowest BCUT2D eigenvalue weighted by Gasteiger charge is -2.18. The number of unbranched alkanes of at least 4 members (excludes halogenated alkanes) is 30. The standard InChI is InChI=1S/C56H98N4O10S/c1-3-5-7-9-11-13-15-17-19-21-23-25-27-29-31-33-42-57-55(67)69-45-49(70-56(68)58-43-34-32-30-28-26-24-22-20-18-16-14-12-10-8-6-4-2)46-71-44-41-51(61)59-48-37-35-47(36-38-48)53(64)60-50(54(65)66)39-40-52(62)63/h35-38,49-50H,3-34,39-46H2,1-2H3,(H,57,67)(H,58,68)(H,59,61)(H,60,64)(H,62,63)(H,65,66)/t49?,50-/m0/s1. The van der Waals surface area contributed by atoms with Crippen molar-refractivity contribution in [2.24, 2.45) is 0 Å². The van der Waals surface area contributed by atoms with Gasteiger partial charge in [0.2, 0.25) is 5.91 Å². The average molecular weight is 1020 g/mol. The Hall–Kier alpha value is -4.01. The van der Waals surface area contributed by atoms with Gasteiger partial charge in [0, 0.05) is 48.7 Å². The number of carboxylic acid groups (broad SMARTS) is 2. The van der Waals surface area contributed by atoms with Gasteiger partial charge >= 0.3 is 24.1 Å². The number of rotatable bonds is 49. The summed E-state index contributed by atoms with van der Waals surface area (Å²) in [6.07, 6.45) is 38.5. The molecule has 1 unspecified atom stereocenters. The number of benzene rings is 1. The first-order chi connectivity index (χ1) is 34.5. The van der Waals surface area contributed by atoms with E-state index in [0.717, 1.165) is 38.5 Å². The molecule has 14 nitrogen and oxygen atoms in total. The van der Waals surface area contributed by atoms with Crippen LogP contribution < -0.4 is 21.3 Å². The van der Waals surface area contributed by atoms with Gasteiger partial charge in [0.05, 0.1) is 0 Å². The minimum Gasteiger partial charge on any atom is -0.481 e. The zero-order valence-corrected chi connectivity index (χ0v) is 45.1. The number of ether oxygens (including phenoxy) is 2. The molecule has 0 fully saturated rings. The molecular weight excluding hydrogens is 921 g/mol. The third-order valence-electron chi connectivity index (χ3n) is 12.7. The van der Waals surface area contributed by atoms with Crippen molar-refractivity contribution in [3.05, 3.63) is 29.8 Å². The Morgan fingerprint density at radius 2 is 0.944 bits per heavy atom. The van der Waals surface area contributed by atoms with E-state index in [2.05, 4.69) is 35.1 Å². The van der Waals surface area contributed by atoms with Crippen LogP contribution in [0.5, 0.6) is 0 Å². The van der Waals surface area contributed by atoms with Crippen LogP contribution >= 0.6 is 11.8 Å². The van der Waals surface area contributed by atoms with Crippen LogP contribution in [0, 0.1) is 0 Å². The Kier molecular flexibility index (Phi) is 43.1. The summed E-state index contributed by atoms with van der Waals surface area (Å²) in [5.74, 6) is -2.77. The van der Waals surface area contributed by atoms with Crippen molar-refractivity contribution in [2.75, 3.05) is 36.5 Å². The summed E-state index contributed by atoms with van der Waals surface area (Å²) in [5.41, 5.74) is 0.579. The second-order valence-corrected chi connectivity index (χ2v) is 20.5. The Bertz CT molecular complexity index is 1520. The van der Waals surface area contributed by atoms with Gasteiger partial charge in [-0.1, -0.05) is 206 Å². The van der Waals surface area contributed by atoms with Gasteiger partial charge in [-0.25, -0.2) is 14.4 Å². The van der Waals surface area contributed by atoms with E-state index in [4.69, 9.17) is 14.6 Å². The third kappa shape index (κ3) is 41.2. The van der Waals surface area contributed by atoms with Crippen molar-refractivity contribution in [1.29, 1.82) is 0 Å². The van der Waals surface area contributed by atoms with Crippen LogP contribution in [0.2, 0.25) is 0 Å². The van der Waals surface area contributed by atoms with E-state index in [1.54, 1.807) is 0 Å². The van der Waals surface area contributed by atoms with Crippen LogP contribution in [-0.4, -0.2) is 89.5 Å². The number of carboxylic acids is 2. The number of nitrogens with one attached hydrogen (secondary N) is 4. The van der Waals surface area contributed by atoms with Crippen LogP contribution in [0.4, 0.5) is 15.3 Å². The molecule has 1 rings (SSSR count). The summed E-state index contributed by atoms with van der Waals surface area (Å²) in [7, 11) is 0. The molecule has 1 aromatic rings. The second kappa shape index (κ2) is 47.0. The number of anilines is 1. The average Bonchev–Trinajstić information content (AvgIpc) is 3.35. The predicted octanol–water partition coefficient (Wildman–Crippen LogP) is 14.1. The summed E-state index contributed by atoms with van der Waals surface area (Å²) >= 11 is 1.39. The van der Waals surface area contributed by atoms with Crippen molar-refractivity contribution in [3.63, 3.8) is 0 Å². The summed E-state index contributed by atoms with van der Waals surface area (Å²) in [6, 6.07) is 4.53. The van der Waals surface area contributed by atoms with Gasteiger partial charge in [-0.3, -0.25) is 14.4 Å². The van der Waals surface area contributed by atoms with Crippen molar-refractivity contribution in [3.8, 4) is 0 Å². The molecule has 0 saturated heterocycles. The zero-order valence-electron chi connectivity index (χ0n) is 44.3. The fourth-order valence-corrected chi connectivity index (χ4v) is 9.25. The molecule has 71 heavy (non-hydrogen) atoms. The highest BCUT2D eigenvalue weighted by Crippen LogP contribution is 2.17. The topological polar surface area (TPSA) is 209 Å². The fraction of sp³-hybridized carbons (Fsp3) is 0.786. The number of amides is 4. The van der Waals surface area contributed by atoms with Crippen LogP contribution in [0.3, 0.4) is 0 Å². The molecule has 0 aliphatic carbocycles. The number of carbonyl (C=O) groups excluding carboxylic acids is 4. The molecule has 0 radical (unpaired) electrons. The number of carbonyl (C=O) groups is 6. The van der Waals surface area contributed by atoms with Gasteiger partial charge in [-0.2, -0.15) is 11.8 Å². The Morgan fingerprint density at radius 1 is 0.535 bits per heavy atom. The van der Waals surface area contributed by atoms with E-state index < -0.39 is 48.6 Å². The molecule has 408 valence electrons. The number of thioether (sulfide) groups is 1. The summed E-state index contributed by atoms with van der Waals surface area (Å²) in [6.45, 7) is 5.42. The van der Waals surface area contributed by atoms with Gasteiger partial charge in [0.25, 0.3) is 5.91 Å². The zero-order chi connectivity index (χ0) is 51.8. The Balaban J connectivity index is 2.43. The third-order valence-corrected chi connectivity index (χ3v) is 13.8. The first kappa shape index (κ1) is 65.0. The van der Waals surface area contributed by atoms with E-state index in [1.165, 1.54) is 203 Å². The van der Waals surface area contributed by atoms with Gasteiger partial charge in [-0.15, -0.1) is 0 Å². The molecule has 15 heteroatoms. The van der Waals surface area contributed by atoms with Crippen LogP contribution in [0.15, 0.2) is 24.3 Å². The van der Waals surface area contributed by atoms with Crippen LogP contribution in [0.25, 0.3) is 0 Å². The Labute approximate surface area is 433 Å². The molecule has 6 N–H and O–H groups in total. The molecule has 0 aliphatic heterocycles. The number of alkyl carbamates (subject to hydrolysis) is 2. The molecule has 0 saturated carbocycles. The minimum absolute atomic E-state index is 0.122. The fourth-order valence-electron chi connectivity index (χ4n) is 8.33. The molecule has 0 aliphatic rings. The minimum atomic E-state index is -1.36. The highest BCUT2D eigenvalue weighted by Gasteiger charge is 2.22. The highest BCUT2D eigenvalue weighted by molar-refractivity contribution is 7.99.